The van der Waals surface area contributed by atoms with E-state index in [1.54, 1.807) is 18.2 Å². The molecule has 3 aromatic rings. The molecule has 0 spiro atoms. The first-order valence-corrected chi connectivity index (χ1v) is 11.8. The third-order valence-corrected chi connectivity index (χ3v) is 6.11. The average molecular weight is 457 g/mol. The van der Waals surface area contributed by atoms with E-state index in [1.807, 2.05) is 43.3 Å². The predicted molar refractivity (Wildman–Crippen MR) is 137 cm³/mol. The normalized spacial score (nSPS) is 14.5. The van der Waals surface area contributed by atoms with Crippen LogP contribution in [0.5, 0.6) is 0 Å². The number of rotatable bonds is 8. The topological polar surface area (TPSA) is 64.7 Å². The Bertz CT molecular complexity index is 1110. The van der Waals surface area contributed by atoms with Gasteiger partial charge < -0.3 is 15.5 Å². The van der Waals surface area contributed by atoms with Gasteiger partial charge in [-0.25, -0.2) is 0 Å². The molecule has 0 atom stereocenters. The molecular formula is C28H32N4O2. The van der Waals surface area contributed by atoms with E-state index in [2.05, 4.69) is 44.7 Å². The number of hydrogen-bond acceptors (Lipinski definition) is 4. The molecule has 0 saturated carbocycles. The molecule has 4 rings (SSSR count). The van der Waals surface area contributed by atoms with Crippen molar-refractivity contribution in [3.8, 4) is 0 Å². The molecule has 1 saturated heterocycles. The van der Waals surface area contributed by atoms with Gasteiger partial charge in [-0.15, -0.1) is 0 Å². The minimum Gasteiger partial charge on any atom is -0.324 e. The van der Waals surface area contributed by atoms with Crippen LogP contribution < -0.4 is 10.6 Å². The summed E-state index contributed by atoms with van der Waals surface area (Å²) in [6.45, 7) is 6.96. The number of aryl methyl sites for hydroxylation is 1. The lowest BCUT2D eigenvalue weighted by Gasteiger charge is -2.34. The lowest BCUT2D eigenvalue weighted by atomic mass is 10.1. The van der Waals surface area contributed by atoms with Crippen molar-refractivity contribution in [2.75, 3.05) is 49.9 Å². The largest absolute Gasteiger partial charge is 0.324 e. The van der Waals surface area contributed by atoms with Gasteiger partial charge in [0.05, 0.1) is 17.8 Å². The van der Waals surface area contributed by atoms with Crippen LogP contribution in [0.3, 0.4) is 0 Å². The Labute approximate surface area is 201 Å². The molecule has 0 aliphatic carbocycles. The number of hydrogen-bond donors (Lipinski definition) is 2. The van der Waals surface area contributed by atoms with E-state index in [4.69, 9.17) is 0 Å². The first kappa shape index (κ1) is 23.7. The van der Waals surface area contributed by atoms with Gasteiger partial charge in [0, 0.05) is 38.4 Å². The van der Waals surface area contributed by atoms with Crippen molar-refractivity contribution in [3.05, 3.63) is 95.6 Å². The minimum atomic E-state index is -0.242. The van der Waals surface area contributed by atoms with Crippen LogP contribution in [0.1, 0.15) is 21.5 Å². The second-order valence-electron chi connectivity index (χ2n) is 8.77. The number of nitrogens with one attached hydrogen (secondary N) is 2. The summed E-state index contributed by atoms with van der Waals surface area (Å²) in [7, 11) is 0. The third-order valence-electron chi connectivity index (χ3n) is 6.11. The Kier molecular flexibility index (Phi) is 8.07. The first-order chi connectivity index (χ1) is 16.6. The van der Waals surface area contributed by atoms with Crippen LogP contribution in [-0.4, -0.2) is 60.9 Å². The van der Waals surface area contributed by atoms with E-state index in [-0.39, 0.29) is 11.8 Å². The second kappa shape index (κ2) is 11.6. The van der Waals surface area contributed by atoms with Crippen molar-refractivity contribution >= 4 is 23.2 Å². The molecular weight excluding hydrogens is 424 g/mol. The van der Waals surface area contributed by atoms with Gasteiger partial charge in [-0.05, 0) is 48.7 Å². The molecule has 1 fully saturated rings. The SMILES string of the molecule is Cc1cccc(NC(=O)c2ccccc2NC(=O)CN2CCN(CCc3ccccc3)CC2)c1. The highest BCUT2D eigenvalue weighted by molar-refractivity contribution is 6.10. The number of amides is 2. The van der Waals surface area contributed by atoms with Crippen molar-refractivity contribution in [2.45, 2.75) is 13.3 Å². The van der Waals surface area contributed by atoms with Crippen molar-refractivity contribution in [1.82, 2.24) is 9.80 Å². The van der Waals surface area contributed by atoms with Gasteiger partial charge in [0.25, 0.3) is 5.91 Å². The van der Waals surface area contributed by atoms with Gasteiger partial charge in [0.15, 0.2) is 0 Å². The van der Waals surface area contributed by atoms with Crippen LogP contribution in [0.4, 0.5) is 11.4 Å². The van der Waals surface area contributed by atoms with Crippen molar-refractivity contribution < 1.29 is 9.59 Å². The molecule has 0 radical (unpaired) electrons. The fraction of sp³-hybridized carbons (Fsp3) is 0.286. The molecule has 6 nitrogen and oxygen atoms in total. The maximum Gasteiger partial charge on any atom is 0.257 e. The molecule has 1 aliphatic rings. The number of carbonyl (C=O) groups is 2. The molecule has 6 heteroatoms. The Hall–Kier alpha value is -3.48. The smallest absolute Gasteiger partial charge is 0.257 e. The second-order valence-corrected chi connectivity index (χ2v) is 8.77. The maximum absolute atomic E-state index is 12.8. The lowest BCUT2D eigenvalue weighted by Crippen LogP contribution is -2.49. The first-order valence-electron chi connectivity index (χ1n) is 11.8. The average Bonchev–Trinajstić information content (AvgIpc) is 2.84. The van der Waals surface area contributed by atoms with Crippen LogP contribution in [0.25, 0.3) is 0 Å². The maximum atomic E-state index is 12.8. The third kappa shape index (κ3) is 6.76. The summed E-state index contributed by atoms with van der Waals surface area (Å²) in [6.07, 6.45) is 1.04. The fourth-order valence-electron chi connectivity index (χ4n) is 4.21. The quantitative estimate of drug-likeness (QED) is 0.537. The van der Waals surface area contributed by atoms with Crippen LogP contribution in [0.15, 0.2) is 78.9 Å². The predicted octanol–water partition coefficient (Wildman–Crippen LogP) is 4.05. The van der Waals surface area contributed by atoms with Crippen molar-refractivity contribution in [3.63, 3.8) is 0 Å². The summed E-state index contributed by atoms with van der Waals surface area (Å²) in [5, 5.41) is 5.86. The van der Waals surface area contributed by atoms with Crippen molar-refractivity contribution in [2.24, 2.45) is 0 Å². The molecule has 2 amide bonds. The number of nitrogens with zero attached hydrogens (tertiary/aromatic N) is 2. The van der Waals surface area contributed by atoms with Gasteiger partial charge in [-0.3, -0.25) is 14.5 Å². The van der Waals surface area contributed by atoms with E-state index in [0.29, 0.717) is 17.8 Å². The molecule has 1 heterocycles. The monoisotopic (exact) mass is 456 g/mol. The van der Waals surface area contributed by atoms with E-state index < -0.39 is 0 Å². The minimum absolute atomic E-state index is 0.103. The number of carbonyl (C=O) groups excluding carboxylic acids is 2. The summed E-state index contributed by atoms with van der Waals surface area (Å²) >= 11 is 0. The summed E-state index contributed by atoms with van der Waals surface area (Å²) in [5.41, 5.74) is 4.13. The van der Waals surface area contributed by atoms with Gasteiger partial charge in [-0.2, -0.15) is 0 Å². The van der Waals surface area contributed by atoms with Crippen LogP contribution in [-0.2, 0) is 11.2 Å². The van der Waals surface area contributed by atoms with Crippen molar-refractivity contribution in [1.29, 1.82) is 0 Å². The Morgan fingerprint density at radius 1 is 0.794 bits per heavy atom. The highest BCUT2D eigenvalue weighted by Gasteiger charge is 2.20. The van der Waals surface area contributed by atoms with Gasteiger partial charge in [0.2, 0.25) is 5.91 Å². The fourth-order valence-corrected chi connectivity index (χ4v) is 4.21. The Balaban J connectivity index is 1.26. The summed E-state index contributed by atoms with van der Waals surface area (Å²) < 4.78 is 0. The number of anilines is 2. The molecule has 176 valence electrons. The van der Waals surface area contributed by atoms with E-state index >= 15 is 0 Å². The summed E-state index contributed by atoms with van der Waals surface area (Å²) in [5.74, 6) is -0.345. The zero-order valence-electron chi connectivity index (χ0n) is 19.7. The zero-order chi connectivity index (χ0) is 23.8. The van der Waals surface area contributed by atoms with E-state index in [0.717, 1.165) is 50.4 Å². The number of benzene rings is 3. The van der Waals surface area contributed by atoms with Crippen LogP contribution >= 0.6 is 0 Å². The van der Waals surface area contributed by atoms with Crippen LogP contribution in [0, 0.1) is 6.92 Å². The molecule has 0 unspecified atom stereocenters. The number of para-hydroxylation sites is 1. The van der Waals surface area contributed by atoms with Gasteiger partial charge >= 0.3 is 0 Å². The van der Waals surface area contributed by atoms with E-state index in [9.17, 15) is 9.59 Å². The molecule has 34 heavy (non-hydrogen) atoms. The zero-order valence-corrected chi connectivity index (χ0v) is 19.7. The van der Waals surface area contributed by atoms with Crippen LogP contribution in [0.2, 0.25) is 0 Å². The molecule has 0 aromatic heterocycles. The van der Waals surface area contributed by atoms with Gasteiger partial charge in [-0.1, -0.05) is 54.6 Å². The Morgan fingerprint density at radius 2 is 1.50 bits per heavy atom. The highest BCUT2D eigenvalue weighted by atomic mass is 16.2. The summed E-state index contributed by atoms with van der Waals surface area (Å²) in [4.78, 5) is 30.2. The molecule has 3 aromatic carbocycles. The molecule has 2 N–H and O–H groups in total. The highest BCUT2D eigenvalue weighted by Crippen LogP contribution is 2.18. The van der Waals surface area contributed by atoms with Gasteiger partial charge in [0.1, 0.15) is 0 Å². The van der Waals surface area contributed by atoms with E-state index in [1.165, 1.54) is 5.56 Å². The standard InChI is InChI=1S/C28H32N4O2/c1-22-8-7-11-24(20-22)29-28(34)25-12-5-6-13-26(25)30-27(33)21-32-18-16-31(17-19-32)15-14-23-9-3-2-4-10-23/h2-13,20H,14-19,21H2,1H3,(H,29,34)(H,30,33). The number of piperazine rings is 1. The lowest BCUT2D eigenvalue weighted by molar-refractivity contribution is -0.117. The molecule has 1 aliphatic heterocycles. The molecule has 0 bridgehead atoms. The summed E-state index contributed by atoms with van der Waals surface area (Å²) in [6, 6.07) is 25.3. The Morgan fingerprint density at radius 3 is 2.26 bits per heavy atom.